The van der Waals surface area contributed by atoms with Crippen molar-refractivity contribution in [2.75, 3.05) is 5.32 Å². The van der Waals surface area contributed by atoms with Crippen molar-refractivity contribution < 1.29 is 14.0 Å². The Labute approximate surface area is 185 Å². The molecule has 7 heteroatoms. The van der Waals surface area contributed by atoms with E-state index in [4.69, 9.17) is 5.26 Å². The van der Waals surface area contributed by atoms with Crippen LogP contribution in [-0.2, 0) is 24.3 Å². The predicted molar refractivity (Wildman–Crippen MR) is 118 cm³/mol. The summed E-state index contributed by atoms with van der Waals surface area (Å²) < 4.78 is 13.1. The minimum Gasteiger partial charge on any atom is -0.332 e. The number of hydrogen-bond acceptors (Lipinski definition) is 3. The van der Waals surface area contributed by atoms with Gasteiger partial charge in [-0.3, -0.25) is 4.79 Å². The van der Waals surface area contributed by atoms with Crippen LogP contribution in [0.3, 0.4) is 0 Å². The maximum atomic E-state index is 13.4. The second-order valence-corrected chi connectivity index (χ2v) is 7.63. The van der Waals surface area contributed by atoms with E-state index in [-0.39, 0.29) is 12.3 Å². The zero-order chi connectivity index (χ0) is 22.5. The standard InChI is InChI=1S/C25H21FN4O2/c26-21-9-11-22(12-10-21)28-25(32)29-23(13-17-5-7-18(14-27)8-6-17)24(31)30-15-19-3-1-2-4-20(19)16-30/h1-12,23H,13,15-16H2,(H2,28,29,32)/t23-/m1/s1. The highest BCUT2D eigenvalue weighted by molar-refractivity contribution is 5.94. The molecule has 1 aliphatic rings. The van der Waals surface area contributed by atoms with Gasteiger partial charge in [0.15, 0.2) is 0 Å². The lowest BCUT2D eigenvalue weighted by Gasteiger charge is -2.24. The summed E-state index contributed by atoms with van der Waals surface area (Å²) in [5.74, 6) is -0.599. The Balaban J connectivity index is 1.50. The van der Waals surface area contributed by atoms with Crippen LogP contribution in [0.4, 0.5) is 14.9 Å². The van der Waals surface area contributed by atoms with Gasteiger partial charge in [0, 0.05) is 25.2 Å². The van der Waals surface area contributed by atoms with E-state index < -0.39 is 17.9 Å². The fraction of sp³-hybridized carbons (Fsp3) is 0.160. The van der Waals surface area contributed by atoms with Crippen LogP contribution in [0.2, 0.25) is 0 Å². The highest BCUT2D eigenvalue weighted by Crippen LogP contribution is 2.23. The number of rotatable bonds is 5. The van der Waals surface area contributed by atoms with Crippen LogP contribution in [0.15, 0.2) is 72.8 Å². The lowest BCUT2D eigenvalue weighted by molar-refractivity contribution is -0.133. The Morgan fingerprint density at radius 3 is 2.19 bits per heavy atom. The first-order valence-electron chi connectivity index (χ1n) is 10.2. The first-order chi connectivity index (χ1) is 15.5. The van der Waals surface area contributed by atoms with Crippen molar-refractivity contribution in [1.82, 2.24) is 10.2 Å². The van der Waals surface area contributed by atoms with Crippen LogP contribution in [0.5, 0.6) is 0 Å². The highest BCUT2D eigenvalue weighted by Gasteiger charge is 2.30. The number of nitrogens with one attached hydrogen (secondary N) is 2. The Morgan fingerprint density at radius 2 is 1.59 bits per heavy atom. The third kappa shape index (κ3) is 4.93. The summed E-state index contributed by atoms with van der Waals surface area (Å²) in [6.07, 6.45) is 0.272. The number of nitrogens with zero attached hydrogens (tertiary/aromatic N) is 2. The number of anilines is 1. The van der Waals surface area contributed by atoms with E-state index in [2.05, 4.69) is 16.7 Å². The van der Waals surface area contributed by atoms with Crippen molar-refractivity contribution in [3.8, 4) is 6.07 Å². The van der Waals surface area contributed by atoms with E-state index in [1.165, 1.54) is 24.3 Å². The number of amides is 3. The molecule has 1 aliphatic heterocycles. The summed E-state index contributed by atoms with van der Waals surface area (Å²) in [6.45, 7) is 0.972. The smallest absolute Gasteiger partial charge is 0.319 e. The number of fused-ring (bicyclic) bond motifs is 1. The van der Waals surface area contributed by atoms with E-state index in [0.29, 0.717) is 24.3 Å². The summed E-state index contributed by atoms with van der Waals surface area (Å²) in [4.78, 5) is 27.7. The van der Waals surface area contributed by atoms with Crippen molar-refractivity contribution in [3.63, 3.8) is 0 Å². The average Bonchev–Trinajstić information content (AvgIpc) is 3.24. The molecule has 3 aromatic carbocycles. The highest BCUT2D eigenvalue weighted by atomic mass is 19.1. The predicted octanol–water partition coefficient (Wildman–Crippen LogP) is 3.97. The maximum Gasteiger partial charge on any atom is 0.319 e. The monoisotopic (exact) mass is 428 g/mol. The zero-order valence-corrected chi connectivity index (χ0v) is 17.2. The second-order valence-electron chi connectivity index (χ2n) is 7.63. The molecule has 2 N–H and O–H groups in total. The maximum absolute atomic E-state index is 13.4. The zero-order valence-electron chi connectivity index (χ0n) is 17.2. The molecule has 3 amide bonds. The number of halogens is 1. The summed E-state index contributed by atoms with van der Waals surface area (Å²) in [7, 11) is 0. The Bertz CT molecular complexity index is 1140. The van der Waals surface area contributed by atoms with Crippen molar-refractivity contribution in [2.24, 2.45) is 0 Å². The molecule has 0 aromatic heterocycles. The van der Waals surface area contributed by atoms with Gasteiger partial charge in [-0.25, -0.2) is 9.18 Å². The van der Waals surface area contributed by atoms with E-state index in [1.807, 2.05) is 24.3 Å². The molecule has 6 nitrogen and oxygen atoms in total. The van der Waals surface area contributed by atoms with Gasteiger partial charge in [0.05, 0.1) is 11.6 Å². The van der Waals surface area contributed by atoms with Gasteiger partial charge in [0.25, 0.3) is 0 Å². The molecule has 0 bridgehead atoms. The molecule has 0 saturated carbocycles. The van der Waals surface area contributed by atoms with Crippen LogP contribution < -0.4 is 10.6 Å². The van der Waals surface area contributed by atoms with Crippen LogP contribution in [0.25, 0.3) is 0 Å². The number of urea groups is 1. The van der Waals surface area contributed by atoms with Crippen molar-refractivity contribution >= 4 is 17.6 Å². The summed E-state index contributed by atoms with van der Waals surface area (Å²) in [5, 5.41) is 14.4. The Morgan fingerprint density at radius 1 is 0.969 bits per heavy atom. The lowest BCUT2D eigenvalue weighted by atomic mass is 10.0. The first kappa shape index (κ1) is 21.1. The summed E-state index contributed by atoms with van der Waals surface area (Å²) >= 11 is 0. The minimum atomic E-state index is -0.808. The van der Waals surface area contributed by atoms with E-state index in [1.54, 1.807) is 29.2 Å². The number of carbonyl (C=O) groups excluding carboxylic acids is 2. The molecule has 160 valence electrons. The molecule has 4 rings (SSSR count). The SMILES string of the molecule is N#Cc1ccc(C[C@@H](NC(=O)Nc2ccc(F)cc2)C(=O)N2Cc3ccccc3C2)cc1. The topological polar surface area (TPSA) is 85.2 Å². The Hall–Kier alpha value is -4.18. The van der Waals surface area contributed by atoms with Crippen LogP contribution >= 0.6 is 0 Å². The van der Waals surface area contributed by atoms with Gasteiger partial charge < -0.3 is 15.5 Å². The molecule has 3 aromatic rings. The van der Waals surface area contributed by atoms with Gasteiger partial charge in [0.1, 0.15) is 11.9 Å². The fourth-order valence-corrected chi connectivity index (χ4v) is 3.72. The third-order valence-corrected chi connectivity index (χ3v) is 5.38. The van der Waals surface area contributed by atoms with Crippen LogP contribution in [-0.4, -0.2) is 22.9 Å². The fourth-order valence-electron chi connectivity index (χ4n) is 3.72. The van der Waals surface area contributed by atoms with E-state index in [0.717, 1.165) is 16.7 Å². The van der Waals surface area contributed by atoms with E-state index >= 15 is 0 Å². The van der Waals surface area contributed by atoms with Gasteiger partial charge in [-0.15, -0.1) is 0 Å². The Kier molecular flexibility index (Phi) is 6.13. The van der Waals surface area contributed by atoms with Gasteiger partial charge in [-0.2, -0.15) is 5.26 Å². The van der Waals surface area contributed by atoms with Gasteiger partial charge in [0.2, 0.25) is 5.91 Å². The molecular formula is C25H21FN4O2. The molecule has 1 atom stereocenters. The lowest BCUT2D eigenvalue weighted by Crippen LogP contribution is -2.49. The van der Waals surface area contributed by atoms with Crippen LogP contribution in [0.1, 0.15) is 22.3 Å². The van der Waals surface area contributed by atoms with Crippen molar-refractivity contribution in [2.45, 2.75) is 25.6 Å². The summed E-state index contributed by atoms with van der Waals surface area (Å²) in [5.41, 5.74) is 3.94. The molecule has 0 saturated heterocycles. The quantitative estimate of drug-likeness (QED) is 0.645. The number of carbonyl (C=O) groups is 2. The van der Waals surface area contributed by atoms with Gasteiger partial charge in [-0.05, 0) is 53.1 Å². The molecule has 0 radical (unpaired) electrons. The second kappa shape index (κ2) is 9.31. The molecule has 0 aliphatic carbocycles. The number of benzene rings is 3. The largest absolute Gasteiger partial charge is 0.332 e. The molecular weight excluding hydrogens is 407 g/mol. The third-order valence-electron chi connectivity index (χ3n) is 5.38. The van der Waals surface area contributed by atoms with Crippen LogP contribution in [0, 0.1) is 17.1 Å². The minimum absolute atomic E-state index is 0.195. The van der Waals surface area contributed by atoms with Gasteiger partial charge >= 0.3 is 6.03 Å². The molecule has 0 spiro atoms. The first-order valence-corrected chi connectivity index (χ1v) is 10.2. The normalized spacial score (nSPS) is 13.1. The molecule has 1 heterocycles. The van der Waals surface area contributed by atoms with E-state index in [9.17, 15) is 14.0 Å². The molecule has 0 fully saturated rings. The number of hydrogen-bond donors (Lipinski definition) is 2. The molecule has 0 unspecified atom stereocenters. The average molecular weight is 428 g/mol. The van der Waals surface area contributed by atoms with Crippen molar-refractivity contribution in [1.29, 1.82) is 5.26 Å². The van der Waals surface area contributed by atoms with Crippen molar-refractivity contribution in [3.05, 3.63) is 101 Å². The number of nitriles is 1. The molecule has 32 heavy (non-hydrogen) atoms. The summed E-state index contributed by atoms with van der Waals surface area (Å²) in [6, 6.07) is 20.9. The van der Waals surface area contributed by atoms with Gasteiger partial charge in [-0.1, -0.05) is 36.4 Å².